The maximum Gasteiger partial charge on any atom is 0.174 e. The van der Waals surface area contributed by atoms with Crippen LogP contribution in [0.15, 0.2) is 69.2 Å². The second-order valence-electron chi connectivity index (χ2n) is 6.22. The van der Waals surface area contributed by atoms with Crippen molar-refractivity contribution in [3.63, 3.8) is 0 Å². The van der Waals surface area contributed by atoms with E-state index < -0.39 is 0 Å². The first-order valence-corrected chi connectivity index (χ1v) is 8.74. The van der Waals surface area contributed by atoms with Crippen molar-refractivity contribution in [2.24, 2.45) is 21.5 Å². The number of fused-ring (bicyclic) bond motifs is 3. The number of benzene rings is 2. The summed E-state index contributed by atoms with van der Waals surface area (Å²) < 4.78 is 0. The molecule has 146 valence electrons. The third-order valence-electron chi connectivity index (χ3n) is 4.30. The molecule has 0 radical (unpaired) electrons. The normalized spacial score (nSPS) is 12.8. The SMILES string of the molecule is N#C/C(N)=C(\C#N)N=Cc1ccc2[nH]c3ccc(C=N/C(C#N)=C(\N)C#N)cc3c2c1. The monoisotopic (exact) mass is 403 g/mol. The maximum absolute atomic E-state index is 9.05. The van der Waals surface area contributed by atoms with Gasteiger partial charge in [-0.15, -0.1) is 0 Å². The first kappa shape index (κ1) is 20.4. The molecule has 1 aromatic heterocycles. The van der Waals surface area contributed by atoms with E-state index in [4.69, 9.17) is 32.5 Å². The summed E-state index contributed by atoms with van der Waals surface area (Å²) in [5.74, 6) is 0. The number of nitriles is 4. The quantitative estimate of drug-likeness (QED) is 0.443. The Bertz CT molecular complexity index is 1370. The van der Waals surface area contributed by atoms with E-state index in [9.17, 15) is 0 Å². The Morgan fingerprint density at radius 1 is 0.710 bits per heavy atom. The zero-order valence-electron chi connectivity index (χ0n) is 16.0. The number of aliphatic imine (C=N–C) groups is 2. The molecular weight excluding hydrogens is 390 g/mol. The van der Waals surface area contributed by atoms with E-state index >= 15 is 0 Å². The smallest absolute Gasteiger partial charge is 0.174 e. The lowest BCUT2D eigenvalue weighted by Crippen LogP contribution is -1.97. The van der Waals surface area contributed by atoms with Crippen LogP contribution in [-0.4, -0.2) is 17.4 Å². The lowest BCUT2D eigenvalue weighted by atomic mass is 10.1. The Balaban J connectivity index is 2.05. The minimum Gasteiger partial charge on any atom is -0.388 e. The summed E-state index contributed by atoms with van der Waals surface area (Å²) in [6.45, 7) is 0. The predicted octanol–water partition coefficient (Wildman–Crippen LogP) is 2.59. The van der Waals surface area contributed by atoms with Crippen LogP contribution in [0.25, 0.3) is 21.8 Å². The fourth-order valence-corrected chi connectivity index (χ4v) is 2.79. The molecule has 9 nitrogen and oxygen atoms in total. The van der Waals surface area contributed by atoms with Crippen LogP contribution in [0.3, 0.4) is 0 Å². The molecule has 3 aromatic rings. The topological polar surface area (TPSA) is 188 Å². The number of allylic oxidation sites excluding steroid dienone is 4. The summed E-state index contributed by atoms with van der Waals surface area (Å²) in [5, 5.41) is 37.5. The Morgan fingerprint density at radius 3 is 1.48 bits per heavy atom. The van der Waals surface area contributed by atoms with Gasteiger partial charge in [0.1, 0.15) is 35.7 Å². The number of aromatic amines is 1. The van der Waals surface area contributed by atoms with Crippen LogP contribution in [-0.2, 0) is 0 Å². The highest BCUT2D eigenvalue weighted by Crippen LogP contribution is 2.27. The maximum atomic E-state index is 9.05. The number of nitrogens with one attached hydrogen (secondary N) is 1. The van der Waals surface area contributed by atoms with Crippen LogP contribution in [0, 0.1) is 45.3 Å². The second-order valence-corrected chi connectivity index (χ2v) is 6.22. The summed E-state index contributed by atoms with van der Waals surface area (Å²) in [6, 6.07) is 18.1. The van der Waals surface area contributed by atoms with Gasteiger partial charge in [-0.25, -0.2) is 9.98 Å². The number of nitrogens with two attached hydrogens (primary N) is 2. The number of hydrogen-bond acceptors (Lipinski definition) is 8. The van der Waals surface area contributed by atoms with Gasteiger partial charge >= 0.3 is 0 Å². The van der Waals surface area contributed by atoms with Crippen LogP contribution in [0.1, 0.15) is 11.1 Å². The van der Waals surface area contributed by atoms with Crippen molar-refractivity contribution in [3.05, 3.63) is 70.3 Å². The molecule has 0 fully saturated rings. The van der Waals surface area contributed by atoms with E-state index in [1.54, 1.807) is 24.3 Å². The lowest BCUT2D eigenvalue weighted by molar-refractivity contribution is 1.27. The van der Waals surface area contributed by atoms with E-state index in [1.807, 2.05) is 36.4 Å². The number of aromatic nitrogens is 1. The van der Waals surface area contributed by atoms with Gasteiger partial charge in [-0.05, 0) is 35.4 Å². The van der Waals surface area contributed by atoms with Gasteiger partial charge in [-0.1, -0.05) is 12.1 Å². The lowest BCUT2D eigenvalue weighted by Gasteiger charge is -1.97. The third kappa shape index (κ3) is 4.22. The summed E-state index contributed by atoms with van der Waals surface area (Å²) in [6.07, 6.45) is 2.92. The molecule has 0 spiro atoms. The van der Waals surface area contributed by atoms with E-state index in [0.29, 0.717) is 11.1 Å². The number of H-pyrrole nitrogens is 1. The molecule has 0 saturated heterocycles. The Kier molecular flexibility index (Phi) is 5.75. The summed E-state index contributed by atoms with van der Waals surface area (Å²) in [5.41, 5.74) is 13.3. The van der Waals surface area contributed by atoms with Gasteiger partial charge in [0.05, 0.1) is 0 Å². The average molecular weight is 403 g/mol. The molecule has 0 unspecified atom stereocenters. The Hall–Kier alpha value is -5.38. The van der Waals surface area contributed by atoms with Crippen LogP contribution < -0.4 is 11.5 Å². The highest BCUT2D eigenvalue weighted by Gasteiger charge is 2.07. The van der Waals surface area contributed by atoms with E-state index in [2.05, 4.69) is 15.0 Å². The van der Waals surface area contributed by atoms with Gasteiger partial charge in [0.15, 0.2) is 11.4 Å². The first-order valence-electron chi connectivity index (χ1n) is 8.74. The highest BCUT2D eigenvalue weighted by atomic mass is 14.8. The summed E-state index contributed by atoms with van der Waals surface area (Å²) in [4.78, 5) is 11.3. The number of nitrogens with zero attached hydrogens (tertiary/aromatic N) is 6. The molecule has 5 N–H and O–H groups in total. The van der Waals surface area contributed by atoms with Gasteiger partial charge in [0, 0.05) is 34.2 Å². The summed E-state index contributed by atoms with van der Waals surface area (Å²) >= 11 is 0. The molecule has 0 aliphatic rings. The molecular formula is C22H13N9. The minimum absolute atomic E-state index is 0.155. The van der Waals surface area contributed by atoms with Gasteiger partial charge in [0.2, 0.25) is 0 Å². The standard InChI is InChI=1S/C22H13N9/c23-7-17(27)21(9-25)29-11-13-1-3-19-15(5-13)16-6-14(2-4-20(16)31-19)12-30-22(10-26)18(28)8-24/h1-6,11-12,31H,27-28H2/b21-17-,22-18-,29-11?,30-12?. The molecule has 1 heterocycles. The van der Waals surface area contributed by atoms with Crippen LogP contribution >= 0.6 is 0 Å². The van der Waals surface area contributed by atoms with Crippen molar-refractivity contribution in [2.75, 3.05) is 0 Å². The van der Waals surface area contributed by atoms with E-state index in [-0.39, 0.29) is 22.8 Å². The molecule has 3 rings (SSSR count). The van der Waals surface area contributed by atoms with Crippen molar-refractivity contribution in [1.82, 2.24) is 4.98 Å². The van der Waals surface area contributed by atoms with Crippen LogP contribution in [0.5, 0.6) is 0 Å². The van der Waals surface area contributed by atoms with E-state index in [1.165, 1.54) is 12.4 Å². The van der Waals surface area contributed by atoms with Crippen molar-refractivity contribution >= 4 is 34.2 Å². The molecule has 31 heavy (non-hydrogen) atoms. The largest absolute Gasteiger partial charge is 0.388 e. The summed E-state index contributed by atoms with van der Waals surface area (Å²) in [7, 11) is 0. The van der Waals surface area contributed by atoms with Crippen molar-refractivity contribution in [3.8, 4) is 24.3 Å². The molecule has 0 aliphatic heterocycles. The van der Waals surface area contributed by atoms with Crippen molar-refractivity contribution < 1.29 is 0 Å². The molecule has 2 aromatic carbocycles. The minimum atomic E-state index is -0.251. The molecule has 0 amide bonds. The highest BCUT2D eigenvalue weighted by molar-refractivity contribution is 6.10. The van der Waals surface area contributed by atoms with Crippen molar-refractivity contribution in [2.45, 2.75) is 0 Å². The number of rotatable bonds is 4. The van der Waals surface area contributed by atoms with E-state index in [0.717, 1.165) is 21.8 Å². The third-order valence-corrected chi connectivity index (χ3v) is 4.30. The Labute approximate surface area is 176 Å². The molecule has 9 heteroatoms. The molecule has 0 saturated carbocycles. The zero-order valence-corrected chi connectivity index (χ0v) is 16.0. The second kappa shape index (κ2) is 8.75. The fraction of sp³-hybridized carbons (Fsp3) is 0. The van der Waals surface area contributed by atoms with Crippen LogP contribution in [0.2, 0.25) is 0 Å². The fourth-order valence-electron chi connectivity index (χ4n) is 2.79. The molecule has 0 atom stereocenters. The van der Waals surface area contributed by atoms with Crippen molar-refractivity contribution in [1.29, 1.82) is 21.0 Å². The van der Waals surface area contributed by atoms with Gasteiger partial charge < -0.3 is 16.5 Å². The number of hydrogen-bond donors (Lipinski definition) is 3. The average Bonchev–Trinajstić information content (AvgIpc) is 3.16. The predicted molar refractivity (Wildman–Crippen MR) is 116 cm³/mol. The van der Waals surface area contributed by atoms with Gasteiger partial charge in [0.25, 0.3) is 0 Å². The van der Waals surface area contributed by atoms with Gasteiger partial charge in [-0.3, -0.25) is 0 Å². The first-order chi connectivity index (χ1) is 15.0. The molecule has 0 bridgehead atoms. The molecule has 0 aliphatic carbocycles. The zero-order chi connectivity index (χ0) is 22.4. The Morgan fingerprint density at radius 2 is 1.13 bits per heavy atom. The van der Waals surface area contributed by atoms with Crippen LogP contribution in [0.4, 0.5) is 0 Å². The van der Waals surface area contributed by atoms with Gasteiger partial charge in [-0.2, -0.15) is 21.0 Å².